The Bertz CT molecular complexity index is 668. The van der Waals surface area contributed by atoms with Crippen molar-refractivity contribution in [2.24, 2.45) is 0 Å². The van der Waals surface area contributed by atoms with Crippen molar-refractivity contribution >= 4 is 21.7 Å². The third-order valence-electron chi connectivity index (χ3n) is 2.85. The van der Waals surface area contributed by atoms with Crippen molar-refractivity contribution in [1.29, 1.82) is 0 Å². The Morgan fingerprint density at radius 3 is 2.43 bits per heavy atom. The maximum absolute atomic E-state index is 12.4. The topological polar surface area (TPSA) is 118 Å². The summed E-state index contributed by atoms with van der Waals surface area (Å²) in [5, 5.41) is 19.7. The molecule has 0 radical (unpaired) electrons. The highest BCUT2D eigenvalue weighted by atomic mass is 32.2. The van der Waals surface area contributed by atoms with Gasteiger partial charge in [-0.1, -0.05) is 6.07 Å². The van der Waals surface area contributed by atoms with Crippen LogP contribution in [-0.4, -0.2) is 41.3 Å². The van der Waals surface area contributed by atoms with E-state index in [0.29, 0.717) is 5.56 Å². The van der Waals surface area contributed by atoms with Crippen LogP contribution in [0.3, 0.4) is 0 Å². The maximum Gasteiger partial charge on any atom is 0.318 e. The molecular weight excluding hydrogens is 300 g/mol. The normalized spacial score (nSPS) is 11.9. The van der Waals surface area contributed by atoms with E-state index in [-0.39, 0.29) is 10.6 Å². The van der Waals surface area contributed by atoms with Crippen molar-refractivity contribution in [2.75, 3.05) is 6.54 Å². The monoisotopic (exact) mass is 316 g/mol. The Kier molecular flexibility index (Phi) is 5.02. The van der Waals surface area contributed by atoms with E-state index in [9.17, 15) is 23.3 Å². The van der Waals surface area contributed by atoms with Gasteiger partial charge in [-0.05, 0) is 26.8 Å². The van der Waals surface area contributed by atoms with Crippen LogP contribution >= 0.6 is 0 Å². The van der Waals surface area contributed by atoms with Gasteiger partial charge in [0.25, 0.3) is 5.69 Å². The van der Waals surface area contributed by atoms with Crippen LogP contribution in [0, 0.1) is 17.0 Å². The highest BCUT2D eigenvalue weighted by Crippen LogP contribution is 2.25. The van der Waals surface area contributed by atoms with Crippen LogP contribution < -0.4 is 0 Å². The number of aliphatic carboxylic acids is 1. The highest BCUT2D eigenvalue weighted by Gasteiger charge is 2.30. The van der Waals surface area contributed by atoms with Gasteiger partial charge in [0.1, 0.15) is 6.54 Å². The molecule has 0 amide bonds. The SMILES string of the molecule is Cc1ccc(S(=O)(=O)N(CC(=O)O)C(C)C)cc1[N+](=O)[O-]. The molecule has 116 valence electrons. The molecule has 0 bridgehead atoms. The molecule has 0 aliphatic heterocycles. The quantitative estimate of drug-likeness (QED) is 0.626. The Labute approximate surface area is 122 Å². The minimum Gasteiger partial charge on any atom is -0.480 e. The number of carbonyl (C=O) groups is 1. The molecule has 0 aliphatic rings. The van der Waals surface area contributed by atoms with Gasteiger partial charge in [0, 0.05) is 17.7 Å². The number of hydrogen-bond donors (Lipinski definition) is 1. The van der Waals surface area contributed by atoms with Gasteiger partial charge in [-0.3, -0.25) is 14.9 Å². The lowest BCUT2D eigenvalue weighted by molar-refractivity contribution is -0.385. The second-order valence-electron chi connectivity index (χ2n) is 4.74. The fraction of sp³-hybridized carbons (Fsp3) is 0.417. The summed E-state index contributed by atoms with van der Waals surface area (Å²) in [4.78, 5) is 20.7. The number of aryl methyl sites for hydroxylation is 1. The fourth-order valence-electron chi connectivity index (χ4n) is 1.76. The zero-order valence-electron chi connectivity index (χ0n) is 11.8. The zero-order chi connectivity index (χ0) is 16.4. The summed E-state index contributed by atoms with van der Waals surface area (Å²) in [5.41, 5.74) is 0.00314. The molecule has 0 aromatic heterocycles. The van der Waals surface area contributed by atoms with Gasteiger partial charge in [0.05, 0.1) is 9.82 Å². The Morgan fingerprint density at radius 2 is 2.00 bits per heavy atom. The van der Waals surface area contributed by atoms with Crippen LogP contribution in [0.1, 0.15) is 19.4 Å². The molecule has 0 saturated carbocycles. The van der Waals surface area contributed by atoms with E-state index in [1.165, 1.54) is 32.9 Å². The van der Waals surface area contributed by atoms with E-state index in [1.807, 2.05) is 0 Å². The summed E-state index contributed by atoms with van der Waals surface area (Å²) in [6.45, 7) is 3.85. The summed E-state index contributed by atoms with van der Waals surface area (Å²) in [5.74, 6) is -1.30. The lowest BCUT2D eigenvalue weighted by Crippen LogP contribution is -2.40. The first-order valence-electron chi connectivity index (χ1n) is 6.06. The highest BCUT2D eigenvalue weighted by molar-refractivity contribution is 7.89. The number of nitro benzene ring substituents is 1. The lowest BCUT2D eigenvalue weighted by Gasteiger charge is -2.24. The Morgan fingerprint density at radius 1 is 1.43 bits per heavy atom. The van der Waals surface area contributed by atoms with Gasteiger partial charge in [-0.15, -0.1) is 0 Å². The largest absolute Gasteiger partial charge is 0.480 e. The van der Waals surface area contributed by atoms with Gasteiger partial charge < -0.3 is 5.11 Å². The smallest absolute Gasteiger partial charge is 0.318 e. The van der Waals surface area contributed by atoms with Gasteiger partial charge >= 0.3 is 5.97 Å². The summed E-state index contributed by atoms with van der Waals surface area (Å²) in [6, 6.07) is 2.91. The van der Waals surface area contributed by atoms with E-state index in [2.05, 4.69) is 0 Å². The molecule has 0 heterocycles. The minimum atomic E-state index is -4.12. The number of benzene rings is 1. The van der Waals surface area contributed by atoms with Gasteiger partial charge in [-0.2, -0.15) is 4.31 Å². The van der Waals surface area contributed by atoms with Gasteiger partial charge in [-0.25, -0.2) is 8.42 Å². The molecule has 9 heteroatoms. The zero-order valence-corrected chi connectivity index (χ0v) is 12.6. The van der Waals surface area contributed by atoms with E-state index in [4.69, 9.17) is 5.11 Å². The van der Waals surface area contributed by atoms with Crippen molar-refractivity contribution < 1.29 is 23.2 Å². The fourth-order valence-corrected chi connectivity index (χ4v) is 3.37. The third-order valence-corrected chi connectivity index (χ3v) is 4.87. The number of sulfonamides is 1. The average Bonchev–Trinajstić information content (AvgIpc) is 2.35. The standard InChI is InChI=1S/C12H16N2O6S/c1-8(2)13(7-12(15)16)21(19,20)10-5-4-9(3)11(6-10)14(17)18/h4-6,8H,7H2,1-3H3,(H,15,16). The second-order valence-corrected chi connectivity index (χ2v) is 6.63. The number of rotatable bonds is 6. The van der Waals surface area contributed by atoms with Crippen LogP contribution in [0.5, 0.6) is 0 Å². The molecule has 1 aromatic carbocycles. The molecule has 8 nitrogen and oxygen atoms in total. The first-order valence-corrected chi connectivity index (χ1v) is 7.50. The number of nitro groups is 1. The van der Waals surface area contributed by atoms with Gasteiger partial charge in [0.15, 0.2) is 0 Å². The molecule has 1 N–H and O–H groups in total. The molecule has 0 atom stereocenters. The van der Waals surface area contributed by atoms with Crippen LogP contribution in [-0.2, 0) is 14.8 Å². The molecule has 1 aromatic rings. The first kappa shape index (κ1) is 17.1. The second kappa shape index (κ2) is 6.19. The summed E-state index contributed by atoms with van der Waals surface area (Å²) >= 11 is 0. The van der Waals surface area contributed by atoms with Crippen molar-refractivity contribution in [3.63, 3.8) is 0 Å². The molecule has 0 unspecified atom stereocenters. The number of nitrogens with zero attached hydrogens (tertiary/aromatic N) is 2. The van der Waals surface area contributed by atoms with Crippen molar-refractivity contribution in [3.05, 3.63) is 33.9 Å². The van der Waals surface area contributed by atoms with Crippen LogP contribution in [0.4, 0.5) is 5.69 Å². The molecule has 0 saturated heterocycles. The lowest BCUT2D eigenvalue weighted by atomic mass is 10.2. The van der Waals surface area contributed by atoms with Crippen molar-refractivity contribution in [1.82, 2.24) is 4.31 Å². The van der Waals surface area contributed by atoms with Crippen LogP contribution in [0.15, 0.2) is 23.1 Å². The van der Waals surface area contributed by atoms with Crippen LogP contribution in [0.25, 0.3) is 0 Å². The average molecular weight is 316 g/mol. The predicted octanol–water partition coefficient (Wildman–Crippen LogP) is 1.39. The molecule has 1 rings (SSSR count). The number of carboxylic acids is 1. The Balaban J connectivity index is 3.38. The third kappa shape index (κ3) is 3.76. The van der Waals surface area contributed by atoms with Crippen molar-refractivity contribution in [2.45, 2.75) is 31.7 Å². The minimum absolute atomic E-state index is 0.297. The van der Waals surface area contributed by atoms with Gasteiger partial charge in [0.2, 0.25) is 10.0 Å². The van der Waals surface area contributed by atoms with E-state index in [1.54, 1.807) is 0 Å². The molecule has 21 heavy (non-hydrogen) atoms. The Hall–Kier alpha value is -2.00. The van der Waals surface area contributed by atoms with E-state index >= 15 is 0 Å². The van der Waals surface area contributed by atoms with Crippen LogP contribution in [0.2, 0.25) is 0 Å². The predicted molar refractivity (Wildman–Crippen MR) is 74.5 cm³/mol. The number of carboxylic acid groups (broad SMARTS) is 1. The van der Waals surface area contributed by atoms with Crippen molar-refractivity contribution in [3.8, 4) is 0 Å². The summed E-state index contributed by atoms with van der Waals surface area (Å²) < 4.78 is 25.7. The molecular formula is C12H16N2O6S. The van der Waals surface area contributed by atoms with E-state index < -0.39 is 33.5 Å². The van der Waals surface area contributed by atoms with E-state index in [0.717, 1.165) is 10.4 Å². The maximum atomic E-state index is 12.4. The molecule has 0 aliphatic carbocycles. The molecule has 0 spiro atoms. The first-order chi connectivity index (χ1) is 9.57. The molecule has 0 fully saturated rings. The number of hydrogen-bond acceptors (Lipinski definition) is 5. The summed E-state index contributed by atoms with van der Waals surface area (Å²) in [7, 11) is -4.12. The summed E-state index contributed by atoms with van der Waals surface area (Å²) in [6.07, 6.45) is 0.